The molecule has 0 radical (unpaired) electrons. The van der Waals surface area contributed by atoms with Gasteiger partial charge >= 0.3 is 5.97 Å². The van der Waals surface area contributed by atoms with Gasteiger partial charge in [0.05, 0.1) is 0 Å². The van der Waals surface area contributed by atoms with Crippen LogP contribution in [0.1, 0.15) is 26.7 Å². The molecule has 0 bridgehead atoms. The lowest BCUT2D eigenvalue weighted by molar-refractivity contribution is -0.151. The van der Waals surface area contributed by atoms with Crippen molar-refractivity contribution in [1.29, 1.82) is 0 Å². The average Bonchev–Trinajstić information content (AvgIpc) is 2.77. The second-order valence-electron chi connectivity index (χ2n) is 5.55. The van der Waals surface area contributed by atoms with E-state index in [1.165, 1.54) is 0 Å². The van der Waals surface area contributed by atoms with Crippen molar-refractivity contribution in [2.24, 2.45) is 5.92 Å². The third-order valence-electron chi connectivity index (χ3n) is 3.51. The lowest BCUT2D eigenvalue weighted by Crippen LogP contribution is -2.46. The van der Waals surface area contributed by atoms with Crippen molar-refractivity contribution in [2.45, 2.75) is 44.9 Å². The molecule has 1 aliphatic rings. The Hall–Kier alpha value is -1.14. The van der Waals surface area contributed by atoms with Gasteiger partial charge in [-0.1, -0.05) is 13.8 Å². The summed E-state index contributed by atoms with van der Waals surface area (Å²) in [6.45, 7) is 4.74. The van der Waals surface area contributed by atoms with E-state index in [1.807, 2.05) is 14.1 Å². The predicted molar refractivity (Wildman–Crippen MR) is 70.9 cm³/mol. The van der Waals surface area contributed by atoms with Crippen molar-refractivity contribution in [1.82, 2.24) is 10.2 Å². The molecule has 0 aromatic heterocycles. The first-order valence-corrected chi connectivity index (χ1v) is 6.65. The molecule has 1 amide bonds. The quantitative estimate of drug-likeness (QED) is 0.728. The van der Waals surface area contributed by atoms with Crippen LogP contribution in [0.4, 0.5) is 0 Å². The van der Waals surface area contributed by atoms with E-state index < -0.39 is 18.2 Å². The van der Waals surface area contributed by atoms with Gasteiger partial charge in [0.1, 0.15) is 6.10 Å². The summed E-state index contributed by atoms with van der Waals surface area (Å²) in [6, 6.07) is 0.251. The molecule has 0 aromatic carbocycles. The Kier molecular flexibility index (Phi) is 5.75. The molecule has 0 aliphatic carbocycles. The van der Waals surface area contributed by atoms with Gasteiger partial charge in [-0.15, -0.1) is 0 Å². The molecule has 1 saturated heterocycles. The molecule has 1 rings (SSSR count). The molecule has 2 N–H and O–H groups in total. The third kappa shape index (κ3) is 4.47. The van der Waals surface area contributed by atoms with Gasteiger partial charge in [-0.2, -0.15) is 0 Å². The number of nitrogens with zero attached hydrogens (tertiary/aromatic N) is 1. The van der Waals surface area contributed by atoms with Gasteiger partial charge in [-0.25, -0.2) is 4.79 Å². The van der Waals surface area contributed by atoms with E-state index >= 15 is 0 Å². The molecule has 0 aromatic rings. The second-order valence-corrected chi connectivity index (χ2v) is 5.55. The predicted octanol–water partition coefficient (Wildman–Crippen LogP) is 0.321. The molecular weight excluding hydrogens is 248 g/mol. The third-order valence-corrected chi connectivity index (χ3v) is 3.51. The first-order valence-electron chi connectivity index (χ1n) is 6.65. The number of carboxylic acid groups (broad SMARTS) is 1. The van der Waals surface area contributed by atoms with Gasteiger partial charge in [0.15, 0.2) is 6.10 Å². The van der Waals surface area contributed by atoms with Crippen LogP contribution in [0.15, 0.2) is 0 Å². The van der Waals surface area contributed by atoms with Crippen LogP contribution < -0.4 is 5.32 Å². The maximum absolute atomic E-state index is 11.9. The van der Waals surface area contributed by atoms with E-state index in [2.05, 4.69) is 24.1 Å². The van der Waals surface area contributed by atoms with Crippen molar-refractivity contribution in [2.75, 3.05) is 20.6 Å². The minimum atomic E-state index is -0.997. The Labute approximate surface area is 114 Å². The first kappa shape index (κ1) is 15.9. The summed E-state index contributed by atoms with van der Waals surface area (Å²) >= 11 is 0. The molecule has 1 fully saturated rings. The molecule has 6 nitrogen and oxygen atoms in total. The fourth-order valence-electron chi connectivity index (χ4n) is 2.35. The lowest BCUT2D eigenvalue weighted by atomic mass is 10.0. The molecule has 6 heteroatoms. The van der Waals surface area contributed by atoms with Gasteiger partial charge in [0, 0.05) is 12.6 Å². The van der Waals surface area contributed by atoms with E-state index in [4.69, 9.17) is 9.84 Å². The highest BCUT2D eigenvalue weighted by molar-refractivity contribution is 5.82. The van der Waals surface area contributed by atoms with Crippen LogP contribution in [0.5, 0.6) is 0 Å². The van der Waals surface area contributed by atoms with Crippen molar-refractivity contribution < 1.29 is 19.4 Å². The molecule has 110 valence electrons. The number of hydrogen-bond donors (Lipinski definition) is 2. The van der Waals surface area contributed by atoms with Crippen LogP contribution in [0.2, 0.25) is 0 Å². The molecule has 3 unspecified atom stereocenters. The molecule has 3 atom stereocenters. The van der Waals surface area contributed by atoms with E-state index in [-0.39, 0.29) is 11.9 Å². The minimum absolute atomic E-state index is 0.212. The zero-order chi connectivity index (χ0) is 14.6. The summed E-state index contributed by atoms with van der Waals surface area (Å²) in [5.41, 5.74) is 0. The second kappa shape index (κ2) is 6.86. The standard InChI is InChI=1S/C13H24N2O4/c1-8(2)9(15(3)4)7-14-12(16)10-5-6-11(19-10)13(17)18/h8-11H,5-7H2,1-4H3,(H,14,16)(H,17,18). The first-order chi connectivity index (χ1) is 8.82. The number of nitrogens with one attached hydrogen (secondary N) is 1. The monoisotopic (exact) mass is 272 g/mol. The number of carbonyl (C=O) groups is 2. The van der Waals surface area contributed by atoms with Crippen LogP contribution in [0, 0.1) is 5.92 Å². The zero-order valence-electron chi connectivity index (χ0n) is 12.0. The molecule has 0 saturated carbocycles. The summed E-state index contributed by atoms with van der Waals surface area (Å²) in [5, 5.41) is 11.7. The fraction of sp³-hybridized carbons (Fsp3) is 0.846. The average molecular weight is 272 g/mol. The Morgan fingerprint density at radius 1 is 1.32 bits per heavy atom. The van der Waals surface area contributed by atoms with Crippen LogP contribution in [-0.2, 0) is 14.3 Å². The van der Waals surface area contributed by atoms with E-state index in [9.17, 15) is 9.59 Å². The summed E-state index contributed by atoms with van der Waals surface area (Å²) in [4.78, 5) is 24.7. The van der Waals surface area contributed by atoms with Gasteiger partial charge in [0.2, 0.25) is 5.91 Å². The van der Waals surface area contributed by atoms with Gasteiger partial charge in [-0.3, -0.25) is 4.79 Å². The molecule has 1 heterocycles. The van der Waals surface area contributed by atoms with E-state index in [0.717, 1.165) is 0 Å². The number of aliphatic carboxylic acids is 1. The van der Waals surface area contributed by atoms with Crippen molar-refractivity contribution >= 4 is 11.9 Å². The maximum Gasteiger partial charge on any atom is 0.332 e. The highest BCUT2D eigenvalue weighted by Crippen LogP contribution is 2.20. The van der Waals surface area contributed by atoms with Crippen molar-refractivity contribution in [3.05, 3.63) is 0 Å². The number of ether oxygens (including phenoxy) is 1. The lowest BCUT2D eigenvalue weighted by Gasteiger charge is -2.28. The Bertz CT molecular complexity index is 323. The largest absolute Gasteiger partial charge is 0.479 e. The number of carboxylic acids is 1. The number of likely N-dealkylation sites (N-methyl/N-ethyl adjacent to an activating group) is 1. The van der Waals surface area contributed by atoms with Gasteiger partial charge in [-0.05, 0) is 32.9 Å². The molecule has 1 aliphatic heterocycles. The molecular formula is C13H24N2O4. The zero-order valence-corrected chi connectivity index (χ0v) is 12.0. The van der Waals surface area contributed by atoms with Crippen LogP contribution in [-0.4, -0.2) is 60.8 Å². The highest BCUT2D eigenvalue weighted by Gasteiger charge is 2.34. The van der Waals surface area contributed by atoms with E-state index in [1.54, 1.807) is 0 Å². The Morgan fingerprint density at radius 2 is 1.89 bits per heavy atom. The van der Waals surface area contributed by atoms with Crippen LogP contribution in [0.25, 0.3) is 0 Å². The Morgan fingerprint density at radius 3 is 2.32 bits per heavy atom. The fourth-order valence-corrected chi connectivity index (χ4v) is 2.35. The smallest absolute Gasteiger partial charge is 0.332 e. The summed E-state index contributed by atoms with van der Waals surface area (Å²) in [5.74, 6) is -0.786. The van der Waals surface area contributed by atoms with Gasteiger partial charge in [0.25, 0.3) is 0 Å². The summed E-state index contributed by atoms with van der Waals surface area (Å²) < 4.78 is 5.21. The molecule has 0 spiro atoms. The normalized spacial score (nSPS) is 24.7. The number of rotatable bonds is 6. The number of carbonyl (C=O) groups excluding carboxylic acids is 1. The number of amides is 1. The maximum atomic E-state index is 11.9. The minimum Gasteiger partial charge on any atom is -0.479 e. The summed E-state index contributed by atoms with van der Waals surface area (Å²) in [7, 11) is 3.95. The Balaban J connectivity index is 2.41. The number of hydrogen-bond acceptors (Lipinski definition) is 4. The molecule has 19 heavy (non-hydrogen) atoms. The van der Waals surface area contributed by atoms with E-state index in [0.29, 0.717) is 25.3 Å². The summed E-state index contributed by atoms with van der Waals surface area (Å²) in [6.07, 6.45) is -0.604. The topological polar surface area (TPSA) is 78.9 Å². The highest BCUT2D eigenvalue weighted by atomic mass is 16.5. The van der Waals surface area contributed by atoms with Crippen molar-refractivity contribution in [3.63, 3.8) is 0 Å². The van der Waals surface area contributed by atoms with Crippen LogP contribution >= 0.6 is 0 Å². The van der Waals surface area contributed by atoms with Crippen molar-refractivity contribution in [3.8, 4) is 0 Å². The van der Waals surface area contributed by atoms with Crippen LogP contribution in [0.3, 0.4) is 0 Å². The SMILES string of the molecule is CC(C)C(CNC(=O)C1CCC(C(=O)O)O1)N(C)C. The van der Waals surface area contributed by atoms with Gasteiger partial charge < -0.3 is 20.1 Å².